The van der Waals surface area contributed by atoms with Crippen LogP contribution in [0.4, 0.5) is 0 Å². The zero-order chi connectivity index (χ0) is 20.7. The number of benzene rings is 2. The van der Waals surface area contributed by atoms with Crippen molar-refractivity contribution >= 4 is 23.4 Å². The van der Waals surface area contributed by atoms with E-state index >= 15 is 0 Å². The summed E-state index contributed by atoms with van der Waals surface area (Å²) in [5.41, 5.74) is 2.88. The van der Waals surface area contributed by atoms with Crippen molar-refractivity contribution in [3.05, 3.63) is 70.2 Å². The third-order valence-electron chi connectivity index (χ3n) is 5.07. The van der Waals surface area contributed by atoms with Crippen LogP contribution in [0.15, 0.2) is 48.5 Å². The van der Waals surface area contributed by atoms with Crippen molar-refractivity contribution in [1.82, 2.24) is 10.2 Å². The summed E-state index contributed by atoms with van der Waals surface area (Å²) in [6.07, 6.45) is 0.996. The van der Waals surface area contributed by atoms with Crippen LogP contribution < -0.4 is 5.32 Å². The van der Waals surface area contributed by atoms with E-state index in [0.29, 0.717) is 11.6 Å². The predicted octanol–water partition coefficient (Wildman–Crippen LogP) is 4.52. The Hall–Kier alpha value is -2.33. The molecule has 0 fully saturated rings. The fourth-order valence-electron chi connectivity index (χ4n) is 2.93. The maximum Gasteiger partial charge on any atom is 0.242 e. The molecule has 0 spiro atoms. The topological polar surface area (TPSA) is 49.4 Å². The monoisotopic (exact) mass is 400 g/mol. The Kier molecular flexibility index (Phi) is 8.06. The minimum absolute atomic E-state index is 0.0638. The number of rotatable bonds is 8. The van der Waals surface area contributed by atoms with Crippen LogP contribution in [0.3, 0.4) is 0 Å². The van der Waals surface area contributed by atoms with Gasteiger partial charge in [0.2, 0.25) is 11.8 Å². The highest BCUT2D eigenvalue weighted by Gasteiger charge is 2.27. The van der Waals surface area contributed by atoms with Gasteiger partial charge in [0.1, 0.15) is 6.04 Å². The molecule has 2 rings (SSSR count). The Labute approximate surface area is 172 Å². The van der Waals surface area contributed by atoms with Gasteiger partial charge in [0.25, 0.3) is 0 Å². The summed E-state index contributed by atoms with van der Waals surface area (Å²) in [4.78, 5) is 27.5. The number of nitrogens with zero attached hydrogens (tertiary/aromatic N) is 1. The van der Waals surface area contributed by atoms with Gasteiger partial charge in [-0.05, 0) is 49.9 Å². The van der Waals surface area contributed by atoms with Gasteiger partial charge in [-0.1, -0.05) is 61.0 Å². The molecule has 0 radical (unpaired) electrons. The number of carbonyl (C=O) groups is 2. The second-order valence-electron chi connectivity index (χ2n) is 7.21. The molecule has 0 saturated carbocycles. The number of nitrogens with one attached hydrogen (secondary N) is 1. The normalized spacial score (nSPS) is 12.9. The first-order chi connectivity index (χ1) is 13.3. The van der Waals surface area contributed by atoms with Crippen LogP contribution in [0.1, 0.15) is 43.9 Å². The lowest BCUT2D eigenvalue weighted by atomic mass is 10.1. The first-order valence-corrected chi connectivity index (χ1v) is 10.1. The van der Waals surface area contributed by atoms with Crippen LogP contribution in [0.25, 0.3) is 0 Å². The van der Waals surface area contributed by atoms with E-state index in [0.717, 1.165) is 23.1 Å². The van der Waals surface area contributed by atoms with Crippen molar-refractivity contribution in [3.63, 3.8) is 0 Å². The van der Waals surface area contributed by atoms with Gasteiger partial charge < -0.3 is 10.2 Å². The fourth-order valence-corrected chi connectivity index (χ4v) is 3.13. The molecule has 2 aromatic rings. The number of aryl methyl sites for hydroxylation is 1. The van der Waals surface area contributed by atoms with E-state index in [2.05, 4.69) is 5.32 Å². The van der Waals surface area contributed by atoms with E-state index < -0.39 is 6.04 Å². The Morgan fingerprint density at radius 2 is 1.64 bits per heavy atom. The molecule has 2 amide bonds. The average molecular weight is 401 g/mol. The van der Waals surface area contributed by atoms with Crippen LogP contribution >= 0.6 is 11.6 Å². The molecule has 1 N–H and O–H groups in total. The molecular weight excluding hydrogens is 372 g/mol. The molecule has 0 aliphatic rings. The summed E-state index contributed by atoms with van der Waals surface area (Å²) >= 11 is 6.24. The lowest BCUT2D eigenvalue weighted by Gasteiger charge is -2.30. The van der Waals surface area contributed by atoms with E-state index in [4.69, 9.17) is 11.6 Å². The Morgan fingerprint density at radius 1 is 1.04 bits per heavy atom. The quantitative estimate of drug-likeness (QED) is 0.708. The molecule has 28 heavy (non-hydrogen) atoms. The number of carbonyl (C=O) groups excluding carboxylic acids is 2. The molecule has 0 unspecified atom stereocenters. The van der Waals surface area contributed by atoms with Crippen LogP contribution in [0, 0.1) is 6.92 Å². The van der Waals surface area contributed by atoms with E-state index in [1.165, 1.54) is 0 Å². The zero-order valence-corrected chi connectivity index (χ0v) is 17.8. The predicted molar refractivity (Wildman–Crippen MR) is 114 cm³/mol. The number of hydrogen-bond donors (Lipinski definition) is 1. The minimum Gasteiger partial charge on any atom is -0.352 e. The van der Waals surface area contributed by atoms with Crippen molar-refractivity contribution in [2.75, 3.05) is 0 Å². The first kappa shape index (κ1) is 22.0. The number of hydrogen-bond acceptors (Lipinski definition) is 2. The number of halogens is 1. The second-order valence-corrected chi connectivity index (χ2v) is 7.62. The summed E-state index contributed by atoms with van der Waals surface area (Å²) < 4.78 is 0. The highest BCUT2D eigenvalue weighted by molar-refractivity contribution is 6.31. The lowest BCUT2D eigenvalue weighted by Crippen LogP contribution is -2.50. The third kappa shape index (κ3) is 5.83. The number of amides is 2. The molecule has 150 valence electrons. The van der Waals surface area contributed by atoms with Crippen molar-refractivity contribution in [3.8, 4) is 0 Å². The molecule has 2 atom stereocenters. The van der Waals surface area contributed by atoms with Crippen molar-refractivity contribution in [2.24, 2.45) is 0 Å². The van der Waals surface area contributed by atoms with Gasteiger partial charge >= 0.3 is 0 Å². The lowest BCUT2D eigenvalue weighted by molar-refractivity contribution is -0.140. The Morgan fingerprint density at radius 3 is 2.25 bits per heavy atom. The van der Waals surface area contributed by atoms with Gasteiger partial charge in [-0.15, -0.1) is 0 Å². The van der Waals surface area contributed by atoms with Crippen LogP contribution in [0.2, 0.25) is 5.02 Å². The van der Waals surface area contributed by atoms with Gasteiger partial charge in [-0.2, -0.15) is 0 Å². The summed E-state index contributed by atoms with van der Waals surface area (Å²) in [6.45, 7) is 8.15. The van der Waals surface area contributed by atoms with Crippen molar-refractivity contribution in [1.29, 1.82) is 0 Å². The molecule has 5 heteroatoms. The Bertz CT molecular complexity index is 822. The van der Waals surface area contributed by atoms with E-state index in [9.17, 15) is 9.59 Å². The molecule has 0 heterocycles. The zero-order valence-electron chi connectivity index (χ0n) is 17.0. The van der Waals surface area contributed by atoms with E-state index in [-0.39, 0.29) is 24.3 Å². The highest BCUT2D eigenvalue weighted by Crippen LogP contribution is 2.19. The molecule has 0 aliphatic heterocycles. The molecule has 2 aromatic carbocycles. The van der Waals surface area contributed by atoms with E-state index in [1.807, 2.05) is 63.2 Å². The van der Waals surface area contributed by atoms with Gasteiger partial charge in [-0.3, -0.25) is 9.59 Å². The minimum atomic E-state index is -0.580. The summed E-state index contributed by atoms with van der Waals surface area (Å²) in [5, 5.41) is 3.54. The highest BCUT2D eigenvalue weighted by atomic mass is 35.5. The van der Waals surface area contributed by atoms with Crippen LogP contribution in [-0.2, 0) is 22.6 Å². The first-order valence-electron chi connectivity index (χ1n) is 9.71. The van der Waals surface area contributed by atoms with Gasteiger partial charge in [-0.25, -0.2) is 0 Å². The summed E-state index contributed by atoms with van der Waals surface area (Å²) in [6, 6.07) is 14.7. The van der Waals surface area contributed by atoms with Crippen molar-refractivity contribution < 1.29 is 9.59 Å². The maximum atomic E-state index is 13.2. The maximum absolute atomic E-state index is 13.2. The summed E-state index contributed by atoms with van der Waals surface area (Å²) in [5.74, 6) is -0.265. The fraction of sp³-hybridized carbons (Fsp3) is 0.391. The SMILES string of the molecule is CC[C@H](C)NC(=O)[C@H](C)N(Cc1ccccc1C)C(=O)Cc1ccccc1Cl. The Balaban J connectivity index is 2.26. The van der Waals surface area contributed by atoms with Gasteiger partial charge in [0, 0.05) is 17.6 Å². The molecule has 0 saturated heterocycles. The van der Waals surface area contributed by atoms with Crippen LogP contribution in [-0.4, -0.2) is 28.8 Å². The van der Waals surface area contributed by atoms with Crippen LogP contribution in [0.5, 0.6) is 0 Å². The summed E-state index contributed by atoms with van der Waals surface area (Å²) in [7, 11) is 0. The molecule has 0 bridgehead atoms. The second kappa shape index (κ2) is 10.3. The van der Waals surface area contributed by atoms with Crippen molar-refractivity contribution in [2.45, 2.75) is 59.2 Å². The largest absolute Gasteiger partial charge is 0.352 e. The smallest absolute Gasteiger partial charge is 0.242 e. The third-order valence-corrected chi connectivity index (χ3v) is 5.44. The average Bonchev–Trinajstić information content (AvgIpc) is 2.68. The van der Waals surface area contributed by atoms with Gasteiger partial charge in [0.15, 0.2) is 0 Å². The molecule has 4 nitrogen and oxygen atoms in total. The standard InChI is InChI=1S/C23H29ClN2O2/c1-5-17(3)25-23(28)18(4)26(15-20-12-7-6-10-16(20)2)22(27)14-19-11-8-9-13-21(19)24/h6-13,17-18H,5,14-15H2,1-4H3,(H,25,28)/t17-,18-/m0/s1. The van der Waals surface area contributed by atoms with Gasteiger partial charge in [0.05, 0.1) is 6.42 Å². The molecule has 0 aromatic heterocycles. The molecule has 0 aliphatic carbocycles. The molecular formula is C23H29ClN2O2. The van der Waals surface area contributed by atoms with E-state index in [1.54, 1.807) is 17.9 Å².